The van der Waals surface area contributed by atoms with Crippen LogP contribution < -0.4 is 4.90 Å². The van der Waals surface area contributed by atoms with Gasteiger partial charge in [-0.1, -0.05) is 36.4 Å². The van der Waals surface area contributed by atoms with Crippen molar-refractivity contribution in [1.29, 1.82) is 0 Å². The van der Waals surface area contributed by atoms with Crippen molar-refractivity contribution in [1.82, 2.24) is 9.97 Å². The van der Waals surface area contributed by atoms with Gasteiger partial charge in [-0.05, 0) is 72.3 Å². The molecule has 34 heavy (non-hydrogen) atoms. The van der Waals surface area contributed by atoms with E-state index >= 15 is 0 Å². The lowest BCUT2D eigenvalue weighted by atomic mass is 10.1. The van der Waals surface area contributed by atoms with Crippen LogP contribution in [0.15, 0.2) is 112 Å². The largest absolute Gasteiger partial charge is 0.436 e. The summed E-state index contributed by atoms with van der Waals surface area (Å²) in [5.41, 5.74) is 8.90. The van der Waals surface area contributed by atoms with Crippen LogP contribution in [-0.4, -0.2) is 16.5 Å². The molecule has 0 atom stereocenters. The van der Waals surface area contributed by atoms with Crippen LogP contribution in [0.4, 0.5) is 5.69 Å². The highest BCUT2D eigenvalue weighted by Gasteiger charge is 2.26. The van der Waals surface area contributed by atoms with Gasteiger partial charge in [0.1, 0.15) is 11.0 Å². The van der Waals surface area contributed by atoms with Crippen molar-refractivity contribution < 1.29 is 8.83 Å². The first-order chi connectivity index (χ1) is 16.8. The number of hydrogen-bond donors (Lipinski definition) is 0. The summed E-state index contributed by atoms with van der Waals surface area (Å²) in [5.74, 6) is 1.29. The molecule has 0 amide bonds. The fraction of sp³-hybridized carbons (Fsp3) is 0.0345. The molecule has 0 bridgehead atoms. The SMILES string of the molecule is C(=C1\CN1c1ccc(-c2nc3ccccc3o2)cc1)/c1ccc(-c2nc3ccccc3o2)cc1. The Labute approximate surface area is 195 Å². The van der Waals surface area contributed by atoms with Gasteiger partial charge in [0.15, 0.2) is 11.2 Å². The summed E-state index contributed by atoms with van der Waals surface area (Å²) in [6.07, 6.45) is 2.21. The number of oxazole rings is 2. The van der Waals surface area contributed by atoms with E-state index in [-0.39, 0.29) is 0 Å². The van der Waals surface area contributed by atoms with E-state index in [4.69, 9.17) is 8.83 Å². The number of anilines is 1. The first-order valence-corrected chi connectivity index (χ1v) is 11.2. The van der Waals surface area contributed by atoms with Crippen molar-refractivity contribution in [3.63, 3.8) is 0 Å². The minimum Gasteiger partial charge on any atom is -0.436 e. The third-order valence-electron chi connectivity index (χ3n) is 6.07. The van der Waals surface area contributed by atoms with Crippen LogP contribution in [0.25, 0.3) is 51.2 Å². The number of benzene rings is 4. The molecule has 1 saturated heterocycles. The first-order valence-electron chi connectivity index (χ1n) is 11.2. The minimum absolute atomic E-state index is 0.646. The normalized spacial score (nSPS) is 14.4. The average Bonchev–Trinajstić information content (AvgIpc) is 3.30. The molecule has 5 nitrogen and oxygen atoms in total. The number of aromatic nitrogens is 2. The number of fused-ring (bicyclic) bond motifs is 2. The molecule has 2 aromatic heterocycles. The second kappa shape index (κ2) is 7.46. The highest BCUT2D eigenvalue weighted by molar-refractivity contribution is 5.78. The van der Waals surface area contributed by atoms with E-state index in [9.17, 15) is 0 Å². The number of hydrogen-bond acceptors (Lipinski definition) is 5. The zero-order chi connectivity index (χ0) is 22.5. The van der Waals surface area contributed by atoms with E-state index in [0.717, 1.165) is 51.1 Å². The maximum Gasteiger partial charge on any atom is 0.227 e. The van der Waals surface area contributed by atoms with E-state index in [1.807, 2.05) is 48.5 Å². The van der Waals surface area contributed by atoms with Crippen LogP contribution in [0.1, 0.15) is 5.56 Å². The maximum atomic E-state index is 5.88. The van der Waals surface area contributed by atoms with E-state index in [2.05, 4.69) is 69.5 Å². The smallest absolute Gasteiger partial charge is 0.227 e. The molecular weight excluding hydrogens is 422 g/mol. The van der Waals surface area contributed by atoms with Crippen LogP contribution in [0.3, 0.4) is 0 Å². The first kappa shape index (κ1) is 18.9. The highest BCUT2D eigenvalue weighted by atomic mass is 16.4. The topological polar surface area (TPSA) is 55.1 Å². The molecule has 4 aromatic carbocycles. The zero-order valence-electron chi connectivity index (χ0n) is 18.2. The molecule has 1 aliphatic heterocycles. The Hall–Kier alpha value is -4.64. The second-order valence-electron chi connectivity index (χ2n) is 8.36. The van der Waals surface area contributed by atoms with E-state index in [1.54, 1.807) is 0 Å². The third-order valence-corrected chi connectivity index (χ3v) is 6.07. The van der Waals surface area contributed by atoms with Gasteiger partial charge in [0.05, 0.1) is 6.54 Å². The van der Waals surface area contributed by atoms with Gasteiger partial charge in [-0.3, -0.25) is 0 Å². The van der Waals surface area contributed by atoms with Crippen molar-refractivity contribution >= 4 is 34.0 Å². The molecule has 0 saturated carbocycles. The number of para-hydroxylation sites is 4. The van der Waals surface area contributed by atoms with Gasteiger partial charge in [0.2, 0.25) is 11.8 Å². The van der Waals surface area contributed by atoms with Gasteiger partial charge < -0.3 is 13.7 Å². The predicted molar refractivity (Wildman–Crippen MR) is 134 cm³/mol. The van der Waals surface area contributed by atoms with Gasteiger partial charge in [-0.15, -0.1) is 0 Å². The van der Waals surface area contributed by atoms with Gasteiger partial charge in [0, 0.05) is 22.5 Å². The lowest BCUT2D eigenvalue weighted by Gasteiger charge is -2.03. The summed E-state index contributed by atoms with van der Waals surface area (Å²) >= 11 is 0. The van der Waals surface area contributed by atoms with Crippen LogP contribution in [0, 0.1) is 0 Å². The molecule has 1 aliphatic rings. The molecule has 0 unspecified atom stereocenters. The molecule has 0 spiro atoms. The van der Waals surface area contributed by atoms with Gasteiger partial charge >= 0.3 is 0 Å². The van der Waals surface area contributed by atoms with Gasteiger partial charge in [0.25, 0.3) is 0 Å². The van der Waals surface area contributed by atoms with Crippen LogP contribution in [0.2, 0.25) is 0 Å². The fourth-order valence-electron chi connectivity index (χ4n) is 4.20. The Morgan fingerprint density at radius 2 is 1.15 bits per heavy atom. The van der Waals surface area contributed by atoms with Gasteiger partial charge in [-0.2, -0.15) is 0 Å². The van der Waals surface area contributed by atoms with Crippen molar-refractivity contribution in [2.45, 2.75) is 0 Å². The predicted octanol–water partition coefficient (Wildman–Crippen LogP) is 7.16. The Balaban J connectivity index is 1.07. The summed E-state index contributed by atoms with van der Waals surface area (Å²) in [6.45, 7) is 0.926. The average molecular weight is 441 g/mol. The molecule has 3 heterocycles. The lowest BCUT2D eigenvalue weighted by molar-refractivity contribution is 0.619. The summed E-state index contributed by atoms with van der Waals surface area (Å²) in [6, 6.07) is 32.3. The zero-order valence-corrected chi connectivity index (χ0v) is 18.2. The Kier molecular flexibility index (Phi) is 4.14. The molecule has 0 aliphatic carbocycles. The van der Waals surface area contributed by atoms with Crippen molar-refractivity contribution in [2.75, 3.05) is 11.4 Å². The molecule has 6 aromatic rings. The molecule has 7 rings (SSSR count). The third kappa shape index (κ3) is 3.35. The Morgan fingerprint density at radius 3 is 1.71 bits per heavy atom. The summed E-state index contributed by atoms with van der Waals surface area (Å²) in [4.78, 5) is 11.4. The van der Waals surface area contributed by atoms with Crippen LogP contribution in [-0.2, 0) is 0 Å². The van der Waals surface area contributed by atoms with Crippen molar-refractivity contribution in [3.05, 3.63) is 108 Å². The summed E-state index contributed by atoms with van der Waals surface area (Å²) in [7, 11) is 0. The lowest BCUT2D eigenvalue weighted by Crippen LogP contribution is -1.89. The minimum atomic E-state index is 0.646. The van der Waals surface area contributed by atoms with Crippen LogP contribution >= 0.6 is 0 Å². The second-order valence-corrected chi connectivity index (χ2v) is 8.36. The molecule has 162 valence electrons. The quantitative estimate of drug-likeness (QED) is 0.272. The molecule has 5 heteroatoms. The molecule has 1 fully saturated rings. The summed E-state index contributed by atoms with van der Waals surface area (Å²) in [5, 5.41) is 0. The van der Waals surface area contributed by atoms with Gasteiger partial charge in [-0.25, -0.2) is 9.97 Å². The van der Waals surface area contributed by atoms with E-state index in [1.165, 1.54) is 5.70 Å². The molecule has 0 N–H and O–H groups in total. The Morgan fingerprint density at radius 1 is 0.618 bits per heavy atom. The maximum absolute atomic E-state index is 5.88. The molecular formula is C29H19N3O2. The van der Waals surface area contributed by atoms with Crippen molar-refractivity contribution in [3.8, 4) is 22.9 Å². The standard InChI is InChI=1S/C29H19N3O2/c1-3-7-26-24(5-1)30-28(33-26)20-11-9-19(10-12-20)17-23-18-32(23)22-15-13-21(14-16-22)29-31-25-6-2-4-8-27(25)34-29/h1-17H,18H2/b23-17-. The van der Waals surface area contributed by atoms with E-state index < -0.39 is 0 Å². The molecule has 0 radical (unpaired) electrons. The number of nitrogens with zero attached hydrogens (tertiary/aromatic N) is 3. The monoisotopic (exact) mass is 441 g/mol. The Bertz CT molecular complexity index is 1610. The summed E-state index contributed by atoms with van der Waals surface area (Å²) < 4.78 is 11.8. The van der Waals surface area contributed by atoms with Crippen molar-refractivity contribution in [2.24, 2.45) is 0 Å². The highest BCUT2D eigenvalue weighted by Crippen LogP contribution is 2.35. The van der Waals surface area contributed by atoms with Crippen LogP contribution in [0.5, 0.6) is 0 Å². The fourth-order valence-corrected chi connectivity index (χ4v) is 4.20. The number of rotatable bonds is 4. The van der Waals surface area contributed by atoms with E-state index in [0.29, 0.717) is 11.8 Å².